The highest BCUT2D eigenvalue weighted by molar-refractivity contribution is 5.94. The monoisotopic (exact) mass is 628 g/mol. The van der Waals surface area contributed by atoms with Crippen LogP contribution in [0.2, 0.25) is 0 Å². The molecule has 2 aromatic heterocycles. The maximum absolute atomic E-state index is 16.8. The molecule has 4 heterocycles. The van der Waals surface area contributed by atoms with Gasteiger partial charge in [0.1, 0.15) is 23.4 Å². The molecule has 0 unspecified atom stereocenters. The fourth-order valence-corrected chi connectivity index (χ4v) is 5.78. The Morgan fingerprint density at radius 1 is 1.13 bits per heavy atom. The van der Waals surface area contributed by atoms with Gasteiger partial charge in [-0.1, -0.05) is 6.08 Å². The van der Waals surface area contributed by atoms with E-state index in [0.717, 1.165) is 6.07 Å². The first-order chi connectivity index (χ1) is 21.2. The Kier molecular flexibility index (Phi) is 8.37. The van der Waals surface area contributed by atoms with Crippen LogP contribution in [0.3, 0.4) is 0 Å². The van der Waals surface area contributed by atoms with Crippen molar-refractivity contribution in [3.63, 3.8) is 0 Å². The summed E-state index contributed by atoms with van der Waals surface area (Å²) >= 11 is 0. The third-order valence-corrected chi connectivity index (χ3v) is 8.33. The third-order valence-electron chi connectivity index (χ3n) is 8.33. The van der Waals surface area contributed by atoms with Crippen molar-refractivity contribution >= 4 is 23.0 Å². The van der Waals surface area contributed by atoms with E-state index in [1.165, 1.54) is 6.20 Å². The zero-order valence-corrected chi connectivity index (χ0v) is 24.6. The largest absolute Gasteiger partial charge is 0.417 e. The first-order valence-electron chi connectivity index (χ1n) is 14.0. The molecule has 1 amide bonds. The van der Waals surface area contributed by atoms with Crippen LogP contribution < -0.4 is 21.1 Å². The van der Waals surface area contributed by atoms with E-state index in [0.29, 0.717) is 29.7 Å². The van der Waals surface area contributed by atoms with Gasteiger partial charge in [-0.25, -0.2) is 18.7 Å². The molecule has 1 saturated heterocycles. The van der Waals surface area contributed by atoms with Crippen molar-refractivity contribution < 1.29 is 26.7 Å². The third kappa shape index (κ3) is 5.97. The zero-order chi connectivity index (χ0) is 32.8. The van der Waals surface area contributed by atoms with Crippen molar-refractivity contribution in [3.05, 3.63) is 81.2 Å². The second-order valence-corrected chi connectivity index (χ2v) is 11.1. The molecule has 0 aliphatic carbocycles. The lowest BCUT2D eigenvalue weighted by Gasteiger charge is -2.44. The summed E-state index contributed by atoms with van der Waals surface area (Å²) in [5, 5.41) is 9.11. The van der Waals surface area contributed by atoms with Crippen molar-refractivity contribution in [2.45, 2.75) is 38.5 Å². The fraction of sp³-hybridized carbons (Fsp3) is 0.367. The van der Waals surface area contributed by atoms with Crippen LogP contribution >= 0.6 is 0 Å². The van der Waals surface area contributed by atoms with Crippen molar-refractivity contribution in [2.24, 2.45) is 5.73 Å². The second-order valence-electron chi connectivity index (χ2n) is 11.1. The summed E-state index contributed by atoms with van der Waals surface area (Å²) in [4.78, 5) is 38.9. The second kappa shape index (κ2) is 11.9. The van der Waals surface area contributed by atoms with Gasteiger partial charge in [-0.2, -0.15) is 18.4 Å². The molecule has 2 atom stereocenters. The van der Waals surface area contributed by atoms with E-state index in [1.807, 2.05) is 27.0 Å². The number of hydrogen-bond acceptors (Lipinski definition) is 8. The number of alkyl halides is 3. The Hall–Kier alpha value is -4.84. The van der Waals surface area contributed by atoms with Crippen LogP contribution in [0.25, 0.3) is 11.3 Å². The number of amides is 1. The molecule has 0 spiro atoms. The van der Waals surface area contributed by atoms with E-state index >= 15 is 8.78 Å². The van der Waals surface area contributed by atoms with Crippen LogP contribution in [0, 0.1) is 23.0 Å². The molecule has 1 aromatic carbocycles. The molecule has 1 fully saturated rings. The summed E-state index contributed by atoms with van der Waals surface area (Å²) in [6, 6.07) is 4.56. The number of benzene rings is 1. The number of rotatable bonds is 5. The standard InChI is InChI=1S/C30H29F5N8O2/c1-16-13-42(14-17(2)40(16)3)22-11-21(31)26(18-5-8-41(9-6-18)24-4-7-38-23(12-36)39-24)27(32)28(22)43-15-19(29(37)45)20(10-25(43)44)30(33,34)35/h4-5,7,10-11,15-17H,6,8-9,13-14H2,1-3H3,(H2,37,45)/t16-,17+. The Labute approximate surface area is 254 Å². The number of nitrogens with zero attached hydrogens (tertiary/aromatic N) is 7. The molecule has 3 aromatic rings. The lowest BCUT2D eigenvalue weighted by molar-refractivity contribution is -0.138. The average Bonchev–Trinajstić information content (AvgIpc) is 2.99. The number of anilines is 2. The minimum absolute atomic E-state index is 0.0375. The Balaban J connectivity index is 1.68. The van der Waals surface area contributed by atoms with Crippen LogP contribution in [-0.2, 0) is 6.18 Å². The first-order valence-corrected chi connectivity index (χ1v) is 14.0. The van der Waals surface area contributed by atoms with E-state index in [9.17, 15) is 22.8 Å². The van der Waals surface area contributed by atoms with E-state index in [-0.39, 0.29) is 54.7 Å². The summed E-state index contributed by atoms with van der Waals surface area (Å²) in [7, 11) is 1.90. The summed E-state index contributed by atoms with van der Waals surface area (Å²) in [5.41, 5.74) is 0.668. The van der Waals surface area contributed by atoms with Gasteiger partial charge in [-0.15, -0.1) is 0 Å². The van der Waals surface area contributed by atoms with E-state index in [4.69, 9.17) is 11.0 Å². The van der Waals surface area contributed by atoms with Gasteiger partial charge in [-0.05, 0) is 39.0 Å². The molecule has 45 heavy (non-hydrogen) atoms. The zero-order valence-electron chi connectivity index (χ0n) is 24.6. The summed E-state index contributed by atoms with van der Waals surface area (Å²) in [6.07, 6.45) is -1.38. The number of likely N-dealkylation sites (N-methyl/N-ethyl adjacent to an activating group) is 1. The van der Waals surface area contributed by atoms with E-state index < -0.39 is 51.7 Å². The lowest BCUT2D eigenvalue weighted by Crippen LogP contribution is -2.55. The molecule has 0 saturated carbocycles. The molecule has 2 aliphatic rings. The average molecular weight is 629 g/mol. The van der Waals surface area contributed by atoms with Gasteiger partial charge in [0.15, 0.2) is 5.82 Å². The van der Waals surface area contributed by atoms with Crippen LogP contribution in [-0.4, -0.2) is 70.7 Å². The van der Waals surface area contributed by atoms with Gasteiger partial charge >= 0.3 is 6.18 Å². The molecule has 10 nitrogen and oxygen atoms in total. The minimum Gasteiger partial charge on any atom is -0.367 e. The highest BCUT2D eigenvalue weighted by Gasteiger charge is 2.37. The van der Waals surface area contributed by atoms with Crippen LogP contribution in [0.4, 0.5) is 33.5 Å². The first kappa shape index (κ1) is 31.6. The molecule has 0 radical (unpaired) electrons. The van der Waals surface area contributed by atoms with Gasteiger partial charge in [0, 0.05) is 62.8 Å². The van der Waals surface area contributed by atoms with Crippen LogP contribution in [0.1, 0.15) is 47.6 Å². The van der Waals surface area contributed by atoms with Crippen molar-refractivity contribution in [3.8, 4) is 11.8 Å². The Bertz CT molecular complexity index is 1790. The molecular formula is C30H29F5N8O2. The quantitative estimate of drug-likeness (QED) is 0.424. The smallest absolute Gasteiger partial charge is 0.367 e. The molecule has 15 heteroatoms. The molecular weight excluding hydrogens is 599 g/mol. The molecule has 236 valence electrons. The normalized spacial score (nSPS) is 19.3. The predicted octanol–water partition coefficient (Wildman–Crippen LogP) is 3.72. The number of halogens is 5. The van der Waals surface area contributed by atoms with Crippen LogP contribution in [0.15, 0.2) is 41.5 Å². The van der Waals surface area contributed by atoms with Gasteiger partial charge in [0.05, 0.1) is 22.4 Å². The summed E-state index contributed by atoms with van der Waals surface area (Å²) in [6.45, 7) is 4.86. The predicted molar refractivity (Wildman–Crippen MR) is 156 cm³/mol. The number of carbonyl (C=O) groups excluding carboxylic acids is 1. The van der Waals surface area contributed by atoms with Crippen molar-refractivity contribution in [2.75, 3.05) is 43.0 Å². The lowest BCUT2D eigenvalue weighted by atomic mass is 9.96. The van der Waals surface area contributed by atoms with Crippen molar-refractivity contribution in [1.82, 2.24) is 19.4 Å². The summed E-state index contributed by atoms with van der Waals surface area (Å²) < 4.78 is 74.5. The Morgan fingerprint density at radius 2 is 1.82 bits per heavy atom. The number of carbonyl (C=O) groups is 1. The van der Waals surface area contributed by atoms with Gasteiger partial charge in [0.25, 0.3) is 11.5 Å². The number of nitriles is 1. The van der Waals surface area contributed by atoms with Gasteiger partial charge < -0.3 is 15.5 Å². The minimum atomic E-state index is -5.09. The summed E-state index contributed by atoms with van der Waals surface area (Å²) in [5.74, 6) is -3.16. The highest BCUT2D eigenvalue weighted by Crippen LogP contribution is 2.39. The van der Waals surface area contributed by atoms with Crippen LogP contribution in [0.5, 0.6) is 0 Å². The van der Waals surface area contributed by atoms with E-state index in [2.05, 4.69) is 14.9 Å². The topological polar surface area (TPSA) is 124 Å². The van der Waals surface area contributed by atoms with Gasteiger partial charge in [-0.3, -0.25) is 19.1 Å². The molecule has 0 bridgehead atoms. The maximum atomic E-state index is 16.8. The number of aromatic nitrogens is 3. The molecule has 5 rings (SSSR count). The SMILES string of the molecule is C[C@@H]1CN(c2cc(F)c(C3=CCN(c4ccnc(C#N)n4)CC3)c(F)c2-n2cc(C(N)=O)c(C(F)(F)F)cc2=O)C[C@H](C)N1C. The number of piperazine rings is 1. The van der Waals surface area contributed by atoms with Gasteiger partial charge in [0.2, 0.25) is 5.82 Å². The maximum Gasteiger partial charge on any atom is 0.417 e. The van der Waals surface area contributed by atoms with Crippen molar-refractivity contribution in [1.29, 1.82) is 5.26 Å². The number of hydrogen-bond donors (Lipinski definition) is 1. The number of primary amides is 1. The Morgan fingerprint density at radius 3 is 2.40 bits per heavy atom. The molecule has 2 N–H and O–H groups in total. The van der Waals surface area contributed by atoms with E-state index in [1.54, 1.807) is 21.9 Å². The molecule has 2 aliphatic heterocycles. The number of nitrogens with two attached hydrogens (primary N) is 1. The number of pyridine rings is 1. The fourth-order valence-electron chi connectivity index (χ4n) is 5.78. The highest BCUT2D eigenvalue weighted by atomic mass is 19.4.